The second-order valence-corrected chi connectivity index (χ2v) is 19.8. The van der Waals surface area contributed by atoms with Crippen molar-refractivity contribution >= 4 is 30.0 Å². The van der Waals surface area contributed by atoms with E-state index >= 15 is 0 Å². The Morgan fingerprint density at radius 2 is 0.986 bits per heavy atom. The lowest BCUT2D eigenvalue weighted by molar-refractivity contribution is -0.162. The Bertz CT molecular complexity index is 1380. The highest BCUT2D eigenvalue weighted by atomic mass is 16.7. The second-order valence-electron chi connectivity index (χ2n) is 19.8. The third kappa shape index (κ3) is 44.8. The first-order valence-electron chi connectivity index (χ1n) is 29.9. The number of carbonyl (C=O) groups is 5. The molecule has 0 heterocycles. The summed E-state index contributed by atoms with van der Waals surface area (Å²) < 4.78 is 40.7. The number of hydrogen-bond acceptors (Lipinski definition) is 13. The Morgan fingerprint density at radius 1 is 0.473 bits per heavy atom. The van der Waals surface area contributed by atoms with Crippen LogP contribution in [0.3, 0.4) is 0 Å². The van der Waals surface area contributed by atoms with Gasteiger partial charge in [-0.3, -0.25) is 19.2 Å². The molecule has 3 unspecified atom stereocenters. The van der Waals surface area contributed by atoms with Crippen molar-refractivity contribution in [3.05, 3.63) is 24.3 Å². The van der Waals surface area contributed by atoms with Crippen LogP contribution in [-0.4, -0.2) is 113 Å². The standard InChI is InChI=1S/C60H110N2O12/c1-8-15-20-23-26-32-46-68-58(69-47-33-27-24-21-16-9-2)43-42-57(65)73-51-52(49-71-55(63)39-31-25-28-34-48-70-59(66)53(36-19-12-5)37-29-18-11-4)50-72-56(64)41-40-54(38-30-22-17-10-3)74-60(67)61-44-35-45-62(13-6)14-7/h15-16,20-21,52-54,58H,8-14,17-19,22-51H2,1-7H3,(H,61,67)/b20-15-,21-16-. The molecule has 0 saturated carbocycles. The molecule has 0 aliphatic heterocycles. The minimum absolute atomic E-state index is 0.0243. The van der Waals surface area contributed by atoms with Crippen LogP contribution < -0.4 is 5.32 Å². The lowest BCUT2D eigenvalue weighted by Gasteiger charge is -2.21. The fourth-order valence-electron chi connectivity index (χ4n) is 8.22. The van der Waals surface area contributed by atoms with E-state index < -0.39 is 36.3 Å². The minimum atomic E-state index is -0.598. The molecule has 0 aromatic heterocycles. The Balaban J connectivity index is 5.49. The third-order valence-electron chi connectivity index (χ3n) is 13.0. The molecule has 0 aromatic carbocycles. The van der Waals surface area contributed by atoms with E-state index in [-0.39, 0.29) is 56.9 Å². The number of carbonyl (C=O) groups excluding carboxylic acids is 5. The van der Waals surface area contributed by atoms with Gasteiger partial charge in [-0.2, -0.15) is 0 Å². The molecule has 0 bridgehead atoms. The molecule has 0 saturated heterocycles. The van der Waals surface area contributed by atoms with Gasteiger partial charge in [-0.25, -0.2) is 4.79 Å². The van der Waals surface area contributed by atoms with Crippen LogP contribution >= 0.6 is 0 Å². The minimum Gasteiger partial charge on any atom is -0.465 e. The molecule has 0 aliphatic rings. The fraction of sp³-hybridized carbons (Fsp3) is 0.850. The Morgan fingerprint density at radius 3 is 1.57 bits per heavy atom. The quantitative estimate of drug-likeness (QED) is 0.0201. The first kappa shape index (κ1) is 70.5. The van der Waals surface area contributed by atoms with Crippen LogP contribution in [-0.2, 0) is 52.3 Å². The summed E-state index contributed by atoms with van der Waals surface area (Å²) in [5.74, 6) is -2.03. The zero-order chi connectivity index (χ0) is 54.5. The van der Waals surface area contributed by atoms with Crippen molar-refractivity contribution in [3.8, 4) is 0 Å². The highest BCUT2D eigenvalue weighted by molar-refractivity contribution is 5.72. The van der Waals surface area contributed by atoms with Gasteiger partial charge in [0.2, 0.25) is 0 Å². The van der Waals surface area contributed by atoms with E-state index in [1.165, 1.54) is 0 Å². The van der Waals surface area contributed by atoms with E-state index in [0.29, 0.717) is 52.0 Å². The van der Waals surface area contributed by atoms with Crippen molar-refractivity contribution in [1.29, 1.82) is 0 Å². The highest BCUT2D eigenvalue weighted by Crippen LogP contribution is 2.20. The molecule has 0 aliphatic carbocycles. The third-order valence-corrected chi connectivity index (χ3v) is 13.0. The molecular weight excluding hydrogens is 941 g/mol. The van der Waals surface area contributed by atoms with Gasteiger partial charge in [-0.1, -0.05) is 137 Å². The van der Waals surface area contributed by atoms with Crippen molar-refractivity contribution in [2.45, 2.75) is 253 Å². The second kappa shape index (κ2) is 52.9. The summed E-state index contributed by atoms with van der Waals surface area (Å²) >= 11 is 0. The normalized spacial score (nSPS) is 12.9. The highest BCUT2D eigenvalue weighted by Gasteiger charge is 2.22. The van der Waals surface area contributed by atoms with Crippen molar-refractivity contribution in [2.24, 2.45) is 11.8 Å². The number of allylic oxidation sites excluding steroid dienone is 4. The van der Waals surface area contributed by atoms with Gasteiger partial charge in [-0.05, 0) is 122 Å². The summed E-state index contributed by atoms with van der Waals surface area (Å²) in [5.41, 5.74) is 0. The van der Waals surface area contributed by atoms with Gasteiger partial charge in [0.15, 0.2) is 6.29 Å². The lowest BCUT2D eigenvalue weighted by Crippen LogP contribution is -2.32. The molecule has 432 valence electrons. The average molecular weight is 1050 g/mol. The number of hydrogen-bond donors (Lipinski definition) is 1. The van der Waals surface area contributed by atoms with Gasteiger partial charge in [-0.15, -0.1) is 0 Å². The van der Waals surface area contributed by atoms with Crippen LogP contribution in [0, 0.1) is 11.8 Å². The molecule has 74 heavy (non-hydrogen) atoms. The molecule has 0 radical (unpaired) electrons. The van der Waals surface area contributed by atoms with E-state index in [4.69, 9.17) is 33.2 Å². The zero-order valence-electron chi connectivity index (χ0n) is 48.2. The monoisotopic (exact) mass is 1050 g/mol. The molecular formula is C60H110N2O12. The topological polar surface area (TPSA) is 165 Å². The Labute approximate surface area is 451 Å². The maximum atomic E-state index is 13.2. The van der Waals surface area contributed by atoms with Gasteiger partial charge in [0.1, 0.15) is 25.9 Å². The number of nitrogens with zero attached hydrogens (tertiary/aromatic N) is 1. The smallest absolute Gasteiger partial charge is 0.407 e. The van der Waals surface area contributed by atoms with E-state index in [2.05, 4.69) is 83.0 Å². The number of esters is 4. The van der Waals surface area contributed by atoms with Crippen molar-refractivity contribution in [1.82, 2.24) is 10.2 Å². The summed E-state index contributed by atoms with van der Waals surface area (Å²) in [6.07, 6.45) is 31.6. The van der Waals surface area contributed by atoms with Crippen LogP contribution in [0.5, 0.6) is 0 Å². The maximum Gasteiger partial charge on any atom is 0.407 e. The number of unbranched alkanes of at least 4 members (excludes halogenated alkanes) is 13. The van der Waals surface area contributed by atoms with Crippen molar-refractivity contribution in [3.63, 3.8) is 0 Å². The first-order valence-corrected chi connectivity index (χ1v) is 29.9. The SMILES string of the molecule is CC/C=C\CCCCOC(CCC(=O)OCC(COC(=O)CCCCCCOC(=O)C(CCCC)CCCCC)COC(=O)CCC(CCCCCC)OC(=O)NCCCN(CC)CC)OCCCC/C=C\CC. The summed E-state index contributed by atoms with van der Waals surface area (Å²) in [7, 11) is 0. The van der Waals surface area contributed by atoms with Crippen LogP contribution in [0.15, 0.2) is 24.3 Å². The van der Waals surface area contributed by atoms with Gasteiger partial charge >= 0.3 is 30.0 Å². The van der Waals surface area contributed by atoms with Gasteiger partial charge in [0.25, 0.3) is 0 Å². The molecule has 0 rings (SSSR count). The molecule has 14 nitrogen and oxygen atoms in total. The lowest BCUT2D eigenvalue weighted by atomic mass is 9.95. The average Bonchev–Trinajstić information content (AvgIpc) is 3.40. The summed E-state index contributed by atoms with van der Waals surface area (Å²) in [6, 6.07) is 0. The molecule has 1 amide bonds. The number of amides is 1. The predicted molar refractivity (Wildman–Crippen MR) is 298 cm³/mol. The Hall–Kier alpha value is -3.49. The number of ether oxygens (including phenoxy) is 7. The van der Waals surface area contributed by atoms with Crippen molar-refractivity contribution < 1.29 is 57.1 Å². The molecule has 0 aromatic rings. The van der Waals surface area contributed by atoms with E-state index in [9.17, 15) is 24.0 Å². The Kier molecular flexibility index (Phi) is 50.4. The number of nitrogens with one attached hydrogen (secondary N) is 1. The summed E-state index contributed by atoms with van der Waals surface area (Å²) in [4.78, 5) is 67.2. The van der Waals surface area contributed by atoms with Crippen LogP contribution in [0.1, 0.15) is 241 Å². The van der Waals surface area contributed by atoms with Crippen LogP contribution in [0.4, 0.5) is 4.79 Å². The largest absolute Gasteiger partial charge is 0.465 e. The molecule has 14 heteroatoms. The molecule has 0 spiro atoms. The molecule has 0 fully saturated rings. The zero-order valence-corrected chi connectivity index (χ0v) is 48.2. The van der Waals surface area contributed by atoms with Gasteiger partial charge in [0, 0.05) is 39.0 Å². The first-order chi connectivity index (χ1) is 36.1. The van der Waals surface area contributed by atoms with Crippen molar-refractivity contribution in [2.75, 3.05) is 65.8 Å². The van der Waals surface area contributed by atoms with E-state index in [1.807, 2.05) is 0 Å². The molecule has 1 N–H and O–H groups in total. The summed E-state index contributed by atoms with van der Waals surface area (Å²) in [5, 5.41) is 2.87. The fourth-order valence-corrected chi connectivity index (χ4v) is 8.22. The van der Waals surface area contributed by atoms with E-state index in [1.54, 1.807) is 0 Å². The number of alkyl carbamates (subject to hydrolysis) is 1. The van der Waals surface area contributed by atoms with Crippen LogP contribution in [0.2, 0.25) is 0 Å². The van der Waals surface area contributed by atoms with Gasteiger partial charge < -0.3 is 43.4 Å². The van der Waals surface area contributed by atoms with Crippen LogP contribution in [0.25, 0.3) is 0 Å². The van der Waals surface area contributed by atoms with Gasteiger partial charge in [0.05, 0.1) is 24.9 Å². The maximum absolute atomic E-state index is 13.2. The number of rotatable bonds is 53. The molecule has 3 atom stereocenters. The summed E-state index contributed by atoms with van der Waals surface area (Å²) in [6.45, 7) is 19.3. The predicted octanol–water partition coefficient (Wildman–Crippen LogP) is 14.1. The van der Waals surface area contributed by atoms with E-state index in [0.717, 1.165) is 167 Å².